The summed E-state index contributed by atoms with van der Waals surface area (Å²) < 4.78 is 61.5. The fourth-order valence-corrected chi connectivity index (χ4v) is 3.12. The third-order valence-corrected chi connectivity index (χ3v) is 5.15. The monoisotopic (exact) mass is 406 g/mol. The first kappa shape index (κ1) is 20.1. The van der Waals surface area contributed by atoms with E-state index in [1.165, 1.54) is 12.1 Å². The summed E-state index contributed by atoms with van der Waals surface area (Å²) in [5.74, 6) is -0.684. The molecule has 0 aliphatic carbocycles. The molecule has 0 fully saturated rings. The molecule has 0 bridgehead atoms. The average Bonchev–Trinajstić information content (AvgIpc) is 2.55. The maximum Gasteiger partial charge on any atom is 0.501 e. The van der Waals surface area contributed by atoms with Crippen molar-refractivity contribution < 1.29 is 26.4 Å². The van der Waals surface area contributed by atoms with Crippen molar-refractivity contribution in [2.75, 3.05) is 17.2 Å². The summed E-state index contributed by atoms with van der Waals surface area (Å²) in [5.41, 5.74) is -5.19. The van der Waals surface area contributed by atoms with E-state index in [0.717, 1.165) is 18.2 Å². The van der Waals surface area contributed by atoms with Crippen LogP contribution in [0.25, 0.3) is 0 Å². The van der Waals surface area contributed by atoms with E-state index in [4.69, 9.17) is 11.6 Å². The van der Waals surface area contributed by atoms with Crippen molar-refractivity contribution >= 4 is 38.7 Å². The summed E-state index contributed by atoms with van der Waals surface area (Å²) >= 11 is 5.93. The topological polar surface area (TPSA) is 75.3 Å². The Morgan fingerprint density at radius 3 is 2.35 bits per heavy atom. The second-order valence-corrected chi connectivity index (χ2v) is 7.47. The maximum atomic E-state index is 12.8. The lowest BCUT2D eigenvalue weighted by atomic mass is 10.2. The molecule has 140 valence electrons. The number of halogens is 4. The summed E-state index contributed by atoms with van der Waals surface area (Å²) in [4.78, 5) is 11.4. The first-order chi connectivity index (χ1) is 12.1. The van der Waals surface area contributed by atoms with Gasteiger partial charge in [0.1, 0.15) is 0 Å². The number of benzene rings is 2. The van der Waals surface area contributed by atoms with Crippen LogP contribution in [-0.4, -0.2) is 26.4 Å². The predicted octanol–water partition coefficient (Wildman–Crippen LogP) is 4.32. The average molecular weight is 407 g/mol. The van der Waals surface area contributed by atoms with Crippen LogP contribution in [0.1, 0.15) is 17.3 Å². The van der Waals surface area contributed by atoms with Crippen LogP contribution in [0.3, 0.4) is 0 Å². The van der Waals surface area contributed by atoms with Crippen LogP contribution in [-0.2, 0) is 9.84 Å². The van der Waals surface area contributed by atoms with Crippen molar-refractivity contribution in [3.05, 3.63) is 53.1 Å². The van der Waals surface area contributed by atoms with Gasteiger partial charge in [-0.05, 0) is 37.3 Å². The molecule has 0 aliphatic heterocycles. The van der Waals surface area contributed by atoms with E-state index in [0.29, 0.717) is 6.54 Å². The molecule has 0 atom stereocenters. The van der Waals surface area contributed by atoms with Gasteiger partial charge in [-0.3, -0.25) is 4.79 Å². The van der Waals surface area contributed by atoms with Crippen LogP contribution >= 0.6 is 11.6 Å². The molecule has 0 saturated heterocycles. The molecule has 0 saturated carbocycles. The fourth-order valence-electron chi connectivity index (χ4n) is 2.11. The maximum absolute atomic E-state index is 12.8. The molecular weight excluding hydrogens is 393 g/mol. The van der Waals surface area contributed by atoms with Crippen LogP contribution in [0.4, 0.5) is 24.5 Å². The number of amides is 1. The van der Waals surface area contributed by atoms with Crippen molar-refractivity contribution in [3.8, 4) is 0 Å². The van der Waals surface area contributed by atoms with Gasteiger partial charge in [-0.2, -0.15) is 13.2 Å². The molecule has 0 spiro atoms. The van der Waals surface area contributed by atoms with Gasteiger partial charge in [0.25, 0.3) is 15.7 Å². The fraction of sp³-hybridized carbons (Fsp3) is 0.188. The minimum absolute atomic E-state index is 0.0979. The van der Waals surface area contributed by atoms with E-state index in [2.05, 4.69) is 10.6 Å². The highest BCUT2D eigenvalue weighted by Crippen LogP contribution is 2.34. The Morgan fingerprint density at radius 1 is 1.12 bits per heavy atom. The van der Waals surface area contributed by atoms with Crippen molar-refractivity contribution in [2.45, 2.75) is 17.3 Å². The van der Waals surface area contributed by atoms with Crippen LogP contribution in [0, 0.1) is 0 Å². The van der Waals surface area contributed by atoms with Crippen molar-refractivity contribution in [1.82, 2.24) is 0 Å². The molecule has 2 aromatic rings. The Labute approximate surface area is 153 Å². The minimum Gasteiger partial charge on any atom is -0.384 e. The molecule has 0 aliphatic rings. The normalized spacial score (nSPS) is 11.9. The molecule has 0 radical (unpaired) electrons. The van der Waals surface area contributed by atoms with Gasteiger partial charge in [0.15, 0.2) is 0 Å². The van der Waals surface area contributed by atoms with E-state index >= 15 is 0 Å². The van der Waals surface area contributed by atoms with E-state index in [1.807, 2.05) is 0 Å². The first-order valence-electron chi connectivity index (χ1n) is 7.33. The summed E-state index contributed by atoms with van der Waals surface area (Å²) in [7, 11) is -5.54. The molecule has 2 rings (SSSR count). The van der Waals surface area contributed by atoms with Crippen molar-refractivity contribution in [1.29, 1.82) is 0 Å². The number of hydrogen-bond donors (Lipinski definition) is 2. The summed E-state index contributed by atoms with van der Waals surface area (Å²) in [6.07, 6.45) is 0. The molecule has 0 unspecified atom stereocenters. The highest BCUT2D eigenvalue weighted by atomic mass is 35.5. The Bertz CT molecular complexity index is 931. The third kappa shape index (κ3) is 4.10. The molecule has 10 heteroatoms. The lowest BCUT2D eigenvalue weighted by molar-refractivity contribution is -0.0436. The number of carbonyl (C=O) groups is 1. The first-order valence-corrected chi connectivity index (χ1v) is 9.19. The number of alkyl halides is 3. The predicted molar refractivity (Wildman–Crippen MR) is 93.3 cm³/mol. The highest BCUT2D eigenvalue weighted by molar-refractivity contribution is 7.92. The van der Waals surface area contributed by atoms with Gasteiger partial charge in [-0.25, -0.2) is 8.42 Å². The number of hydrogen-bond acceptors (Lipinski definition) is 4. The van der Waals surface area contributed by atoms with E-state index in [-0.39, 0.29) is 22.0 Å². The summed E-state index contributed by atoms with van der Waals surface area (Å²) in [6, 6.07) is 8.83. The Morgan fingerprint density at radius 2 is 1.77 bits per heavy atom. The smallest absolute Gasteiger partial charge is 0.384 e. The van der Waals surface area contributed by atoms with Crippen molar-refractivity contribution in [2.24, 2.45) is 0 Å². The minimum atomic E-state index is -5.54. The summed E-state index contributed by atoms with van der Waals surface area (Å²) in [6.45, 7) is 2.14. The van der Waals surface area contributed by atoms with Gasteiger partial charge < -0.3 is 10.6 Å². The van der Waals surface area contributed by atoms with E-state index in [9.17, 15) is 26.4 Å². The van der Waals surface area contributed by atoms with E-state index in [1.54, 1.807) is 19.1 Å². The molecule has 26 heavy (non-hydrogen) atoms. The van der Waals surface area contributed by atoms with Gasteiger partial charge in [-0.1, -0.05) is 23.7 Å². The van der Waals surface area contributed by atoms with Gasteiger partial charge in [0.05, 0.1) is 26.9 Å². The lowest BCUT2D eigenvalue weighted by Gasteiger charge is -2.15. The standard InChI is InChI=1S/C16H14ClF3N2O3S/c1-2-21-13-8-7-10(26(24,25)16(18,19)20)9-14(13)22-15(23)11-5-3-4-6-12(11)17/h3-9,21H,2H2,1H3,(H,22,23). The van der Waals surface area contributed by atoms with Crippen LogP contribution in [0.15, 0.2) is 47.4 Å². The zero-order valence-corrected chi connectivity index (χ0v) is 15.0. The van der Waals surface area contributed by atoms with E-state index < -0.39 is 26.1 Å². The zero-order chi connectivity index (χ0) is 19.5. The number of sulfone groups is 1. The Hall–Kier alpha value is -2.26. The van der Waals surface area contributed by atoms with Gasteiger partial charge in [-0.15, -0.1) is 0 Å². The molecular formula is C16H14ClF3N2O3S. The van der Waals surface area contributed by atoms with Crippen molar-refractivity contribution in [3.63, 3.8) is 0 Å². The largest absolute Gasteiger partial charge is 0.501 e. The molecule has 1 amide bonds. The zero-order valence-electron chi connectivity index (χ0n) is 13.4. The Balaban J connectivity index is 2.47. The number of anilines is 2. The quantitative estimate of drug-likeness (QED) is 0.775. The molecule has 0 aromatic heterocycles. The highest BCUT2D eigenvalue weighted by Gasteiger charge is 2.47. The second kappa shape index (κ2) is 7.55. The lowest BCUT2D eigenvalue weighted by Crippen LogP contribution is -2.23. The summed E-state index contributed by atoms with van der Waals surface area (Å²) in [5, 5.41) is 5.39. The van der Waals surface area contributed by atoms with Gasteiger partial charge in [0.2, 0.25) is 0 Å². The SMILES string of the molecule is CCNc1ccc(S(=O)(=O)C(F)(F)F)cc1NC(=O)c1ccccc1Cl. The molecule has 2 aromatic carbocycles. The van der Waals surface area contributed by atoms with Gasteiger partial charge in [0, 0.05) is 6.54 Å². The Kier molecular flexibility index (Phi) is 5.82. The van der Waals surface area contributed by atoms with Gasteiger partial charge >= 0.3 is 5.51 Å². The van der Waals surface area contributed by atoms with Crippen LogP contribution in [0.5, 0.6) is 0 Å². The van der Waals surface area contributed by atoms with Crippen LogP contribution < -0.4 is 10.6 Å². The molecule has 0 heterocycles. The number of carbonyl (C=O) groups excluding carboxylic acids is 1. The number of nitrogens with one attached hydrogen (secondary N) is 2. The third-order valence-electron chi connectivity index (χ3n) is 3.34. The van der Waals surface area contributed by atoms with Crippen LogP contribution in [0.2, 0.25) is 5.02 Å². The number of rotatable bonds is 5. The molecule has 5 nitrogen and oxygen atoms in total. The second-order valence-electron chi connectivity index (χ2n) is 5.12. The molecule has 2 N–H and O–H groups in total.